The number of oxime groups is 1. The van der Waals surface area contributed by atoms with Gasteiger partial charge in [0.2, 0.25) is 0 Å². The molecule has 1 N–H and O–H groups in total. The van der Waals surface area contributed by atoms with Gasteiger partial charge in [0.15, 0.2) is 11.5 Å². The van der Waals surface area contributed by atoms with Crippen LogP contribution in [0.2, 0.25) is 0 Å². The molecule has 1 aromatic rings. The molecule has 8 nitrogen and oxygen atoms in total. The number of hydrogen-bond acceptors (Lipinski definition) is 6. The van der Waals surface area contributed by atoms with Crippen molar-refractivity contribution in [2.75, 3.05) is 40.5 Å². The van der Waals surface area contributed by atoms with E-state index in [-0.39, 0.29) is 6.10 Å². The molecule has 1 saturated heterocycles. The first-order chi connectivity index (χ1) is 12.5. The first-order valence-electron chi connectivity index (χ1n) is 8.53. The standard InChI is InChI=1S/C18H26N2O6/c1-13(14-4-5-16(23-2)17(12-14)24-3)19-26-11-10-25-15-6-8-20(9-7-15)18(21)22/h4-5,12,15H,6-11H2,1-3H3,(H,21,22). The number of hydrogen-bond donors (Lipinski definition) is 1. The van der Waals surface area contributed by atoms with E-state index in [0.29, 0.717) is 50.6 Å². The van der Waals surface area contributed by atoms with E-state index in [1.54, 1.807) is 14.2 Å². The summed E-state index contributed by atoms with van der Waals surface area (Å²) in [5.41, 5.74) is 1.60. The van der Waals surface area contributed by atoms with Crippen LogP contribution >= 0.6 is 0 Å². The zero-order chi connectivity index (χ0) is 18.9. The molecule has 8 heteroatoms. The first kappa shape index (κ1) is 19.8. The van der Waals surface area contributed by atoms with Crippen LogP contribution in [0.3, 0.4) is 0 Å². The van der Waals surface area contributed by atoms with Gasteiger partial charge >= 0.3 is 6.09 Å². The van der Waals surface area contributed by atoms with Crippen LogP contribution < -0.4 is 9.47 Å². The third-order valence-electron chi connectivity index (χ3n) is 4.24. The van der Waals surface area contributed by atoms with E-state index >= 15 is 0 Å². The summed E-state index contributed by atoms with van der Waals surface area (Å²) in [6.45, 7) is 3.63. The van der Waals surface area contributed by atoms with Gasteiger partial charge in [0.1, 0.15) is 6.61 Å². The second-order valence-electron chi connectivity index (χ2n) is 5.92. The van der Waals surface area contributed by atoms with Gasteiger partial charge in [0, 0.05) is 18.7 Å². The van der Waals surface area contributed by atoms with Crippen LogP contribution in [0.15, 0.2) is 23.4 Å². The fourth-order valence-electron chi connectivity index (χ4n) is 2.72. The minimum Gasteiger partial charge on any atom is -0.493 e. The minimum absolute atomic E-state index is 0.0742. The molecule has 1 fully saturated rings. The first-order valence-corrected chi connectivity index (χ1v) is 8.53. The zero-order valence-corrected chi connectivity index (χ0v) is 15.4. The number of nitrogens with zero attached hydrogens (tertiary/aromatic N) is 2. The van der Waals surface area contributed by atoms with E-state index < -0.39 is 6.09 Å². The molecule has 0 spiro atoms. The van der Waals surface area contributed by atoms with Gasteiger partial charge in [-0.15, -0.1) is 0 Å². The van der Waals surface area contributed by atoms with Crippen molar-refractivity contribution in [1.29, 1.82) is 0 Å². The molecule has 2 rings (SSSR count). The lowest BCUT2D eigenvalue weighted by Crippen LogP contribution is -2.40. The van der Waals surface area contributed by atoms with E-state index in [0.717, 1.165) is 11.3 Å². The number of benzene rings is 1. The van der Waals surface area contributed by atoms with Crippen LogP contribution in [0, 0.1) is 0 Å². The summed E-state index contributed by atoms with van der Waals surface area (Å²) in [6, 6.07) is 5.55. The lowest BCUT2D eigenvalue weighted by molar-refractivity contribution is -0.0192. The molecule has 144 valence electrons. The summed E-state index contributed by atoms with van der Waals surface area (Å²) >= 11 is 0. The Labute approximate surface area is 153 Å². The Kier molecular flexibility index (Phi) is 7.53. The summed E-state index contributed by atoms with van der Waals surface area (Å²) in [5, 5.41) is 13.0. The van der Waals surface area contributed by atoms with Crippen LogP contribution in [0.25, 0.3) is 0 Å². The highest BCUT2D eigenvalue weighted by atomic mass is 16.6. The van der Waals surface area contributed by atoms with Crippen LogP contribution in [0.1, 0.15) is 25.3 Å². The predicted octanol–water partition coefficient (Wildman–Crippen LogP) is 2.60. The molecule has 0 atom stereocenters. The van der Waals surface area contributed by atoms with Crippen molar-refractivity contribution in [3.63, 3.8) is 0 Å². The van der Waals surface area contributed by atoms with Gasteiger partial charge in [-0.1, -0.05) is 5.16 Å². The molecule has 1 heterocycles. The van der Waals surface area contributed by atoms with Crippen molar-refractivity contribution in [3.05, 3.63) is 23.8 Å². The SMILES string of the molecule is COc1ccc(C(C)=NOCCOC2CCN(C(=O)O)CC2)cc1OC. The molecule has 1 aromatic carbocycles. The van der Waals surface area contributed by atoms with Crippen molar-refractivity contribution < 1.29 is 28.9 Å². The normalized spacial score (nSPS) is 15.7. The Hall–Kier alpha value is -2.48. The average Bonchev–Trinajstić information content (AvgIpc) is 2.67. The minimum atomic E-state index is -0.869. The van der Waals surface area contributed by atoms with Crippen LogP contribution in [-0.2, 0) is 9.57 Å². The molecule has 0 radical (unpaired) electrons. The monoisotopic (exact) mass is 366 g/mol. The molecule has 0 bridgehead atoms. The molecular weight excluding hydrogens is 340 g/mol. The van der Waals surface area contributed by atoms with Gasteiger partial charge in [-0.3, -0.25) is 0 Å². The number of ether oxygens (including phenoxy) is 3. The van der Waals surface area contributed by atoms with E-state index in [1.165, 1.54) is 4.90 Å². The summed E-state index contributed by atoms with van der Waals surface area (Å²) < 4.78 is 16.2. The Morgan fingerprint density at radius 3 is 2.50 bits per heavy atom. The molecule has 0 unspecified atom stereocenters. The van der Waals surface area contributed by atoms with Crippen molar-refractivity contribution in [2.45, 2.75) is 25.9 Å². The van der Waals surface area contributed by atoms with Crippen molar-refractivity contribution in [3.8, 4) is 11.5 Å². The van der Waals surface area contributed by atoms with Crippen LogP contribution in [-0.4, -0.2) is 68.4 Å². The fourth-order valence-corrected chi connectivity index (χ4v) is 2.72. The van der Waals surface area contributed by atoms with Gasteiger partial charge < -0.3 is 29.1 Å². The Morgan fingerprint density at radius 1 is 1.19 bits per heavy atom. The van der Waals surface area contributed by atoms with E-state index in [9.17, 15) is 4.79 Å². The van der Waals surface area contributed by atoms with Crippen molar-refractivity contribution in [2.24, 2.45) is 5.16 Å². The van der Waals surface area contributed by atoms with Crippen molar-refractivity contribution in [1.82, 2.24) is 4.90 Å². The van der Waals surface area contributed by atoms with Gasteiger partial charge in [-0.25, -0.2) is 4.79 Å². The van der Waals surface area contributed by atoms with Gasteiger partial charge in [-0.05, 0) is 38.0 Å². The highest BCUT2D eigenvalue weighted by Crippen LogP contribution is 2.27. The van der Waals surface area contributed by atoms with E-state index in [1.807, 2.05) is 25.1 Å². The lowest BCUT2D eigenvalue weighted by atomic mass is 10.1. The second-order valence-corrected chi connectivity index (χ2v) is 5.92. The summed E-state index contributed by atoms with van der Waals surface area (Å²) in [4.78, 5) is 17.6. The third-order valence-corrected chi connectivity index (χ3v) is 4.24. The highest BCUT2D eigenvalue weighted by Gasteiger charge is 2.22. The second kappa shape index (κ2) is 9.86. The van der Waals surface area contributed by atoms with Crippen LogP contribution in [0.4, 0.5) is 4.79 Å². The number of methoxy groups -OCH3 is 2. The molecule has 1 aliphatic heterocycles. The molecule has 1 amide bonds. The van der Waals surface area contributed by atoms with E-state index in [4.69, 9.17) is 24.2 Å². The maximum absolute atomic E-state index is 10.9. The number of rotatable bonds is 8. The number of carboxylic acid groups (broad SMARTS) is 1. The number of piperidine rings is 1. The third kappa shape index (κ3) is 5.52. The maximum Gasteiger partial charge on any atom is 0.407 e. The van der Waals surface area contributed by atoms with Crippen molar-refractivity contribution >= 4 is 11.8 Å². The Balaban J connectivity index is 1.72. The molecule has 0 aromatic heterocycles. The molecule has 1 aliphatic rings. The lowest BCUT2D eigenvalue weighted by Gasteiger charge is -2.29. The van der Waals surface area contributed by atoms with Crippen LogP contribution in [0.5, 0.6) is 11.5 Å². The molecule has 0 saturated carbocycles. The van der Waals surface area contributed by atoms with Gasteiger partial charge in [0.05, 0.1) is 32.6 Å². The Bertz CT molecular complexity index is 626. The molecular formula is C18H26N2O6. The topological polar surface area (TPSA) is 89.8 Å². The highest BCUT2D eigenvalue weighted by molar-refractivity contribution is 5.98. The quantitative estimate of drug-likeness (QED) is 0.432. The number of carbonyl (C=O) groups is 1. The Morgan fingerprint density at radius 2 is 1.88 bits per heavy atom. The smallest absolute Gasteiger partial charge is 0.407 e. The zero-order valence-electron chi connectivity index (χ0n) is 15.4. The average molecular weight is 366 g/mol. The summed E-state index contributed by atoms with van der Waals surface area (Å²) in [6.07, 6.45) is 0.623. The molecule has 0 aliphatic carbocycles. The fraction of sp³-hybridized carbons (Fsp3) is 0.556. The van der Waals surface area contributed by atoms with Gasteiger partial charge in [0.25, 0.3) is 0 Å². The maximum atomic E-state index is 10.9. The summed E-state index contributed by atoms with van der Waals surface area (Å²) in [7, 11) is 3.18. The molecule has 26 heavy (non-hydrogen) atoms. The largest absolute Gasteiger partial charge is 0.493 e. The number of likely N-dealkylation sites (tertiary alicyclic amines) is 1. The number of amides is 1. The van der Waals surface area contributed by atoms with E-state index in [2.05, 4.69) is 5.16 Å². The summed E-state index contributed by atoms with van der Waals surface area (Å²) in [5.74, 6) is 1.29. The van der Waals surface area contributed by atoms with Gasteiger partial charge in [-0.2, -0.15) is 0 Å². The predicted molar refractivity (Wildman–Crippen MR) is 96.3 cm³/mol.